The molecule has 1 aromatic heterocycles. The second-order valence-corrected chi connectivity index (χ2v) is 3.73. The number of furan rings is 1. The summed E-state index contributed by atoms with van der Waals surface area (Å²) in [7, 11) is 0. The van der Waals surface area contributed by atoms with Gasteiger partial charge in [-0.15, -0.1) is 11.8 Å². The molecule has 1 N–H and O–H groups in total. The molecule has 0 amide bonds. The summed E-state index contributed by atoms with van der Waals surface area (Å²) in [4.78, 5) is 0. The Hall–Kier alpha value is -1.20. The Morgan fingerprint density at radius 1 is 1.44 bits per heavy atom. The second-order valence-electron chi connectivity index (χ2n) is 3.73. The average Bonchev–Trinajstić information content (AvgIpc) is 2.76. The maximum absolute atomic E-state index is 5.47. The normalized spacial score (nSPS) is 11.9. The van der Waals surface area contributed by atoms with Crippen molar-refractivity contribution in [2.24, 2.45) is 0 Å². The third-order valence-corrected chi connectivity index (χ3v) is 2.66. The molecule has 0 spiro atoms. The minimum absolute atomic E-state index is 0.375. The van der Waals surface area contributed by atoms with Gasteiger partial charge >= 0.3 is 0 Å². The lowest BCUT2D eigenvalue weighted by Gasteiger charge is -2.16. The number of nitrogens with one attached hydrogen (secondary N) is 1. The molecule has 0 aliphatic carbocycles. The van der Waals surface area contributed by atoms with Gasteiger partial charge in [0.05, 0.1) is 6.26 Å². The van der Waals surface area contributed by atoms with E-state index >= 15 is 0 Å². The SMILES string of the molecule is CC#CCCC(NCC)c1ccoc1CC. The molecule has 1 heterocycles. The number of hydrogen-bond donors (Lipinski definition) is 1. The maximum atomic E-state index is 5.47. The highest BCUT2D eigenvalue weighted by Gasteiger charge is 2.15. The van der Waals surface area contributed by atoms with E-state index in [9.17, 15) is 0 Å². The largest absolute Gasteiger partial charge is 0.469 e. The smallest absolute Gasteiger partial charge is 0.108 e. The van der Waals surface area contributed by atoms with Gasteiger partial charge in [0.2, 0.25) is 0 Å². The van der Waals surface area contributed by atoms with E-state index in [1.54, 1.807) is 6.26 Å². The molecule has 2 nitrogen and oxygen atoms in total. The van der Waals surface area contributed by atoms with Crippen LogP contribution in [0.5, 0.6) is 0 Å². The fourth-order valence-electron chi connectivity index (χ4n) is 1.90. The minimum Gasteiger partial charge on any atom is -0.469 e. The van der Waals surface area contributed by atoms with Crippen LogP contribution in [0.1, 0.15) is 51.0 Å². The summed E-state index contributed by atoms with van der Waals surface area (Å²) in [5.74, 6) is 7.15. The first-order valence-corrected chi connectivity index (χ1v) is 6.02. The van der Waals surface area contributed by atoms with Crippen LogP contribution in [0.4, 0.5) is 0 Å². The van der Waals surface area contributed by atoms with Crippen molar-refractivity contribution in [3.05, 3.63) is 23.7 Å². The predicted molar refractivity (Wildman–Crippen MR) is 67.2 cm³/mol. The van der Waals surface area contributed by atoms with E-state index in [0.717, 1.165) is 31.6 Å². The average molecular weight is 219 g/mol. The van der Waals surface area contributed by atoms with Crippen molar-refractivity contribution in [3.8, 4) is 11.8 Å². The lowest BCUT2D eigenvalue weighted by molar-refractivity contribution is 0.478. The highest BCUT2D eigenvalue weighted by molar-refractivity contribution is 5.21. The quantitative estimate of drug-likeness (QED) is 0.743. The third kappa shape index (κ3) is 3.43. The lowest BCUT2D eigenvalue weighted by atomic mass is 10.0. The molecule has 0 saturated carbocycles. The predicted octanol–water partition coefficient (Wildman–Crippen LogP) is 3.30. The zero-order chi connectivity index (χ0) is 11.8. The van der Waals surface area contributed by atoms with Crippen LogP contribution in [-0.2, 0) is 6.42 Å². The van der Waals surface area contributed by atoms with Crippen LogP contribution in [-0.4, -0.2) is 6.54 Å². The zero-order valence-electron chi connectivity index (χ0n) is 10.5. The van der Waals surface area contributed by atoms with Crippen molar-refractivity contribution in [2.45, 2.75) is 46.1 Å². The Labute approximate surface area is 98.4 Å². The summed E-state index contributed by atoms with van der Waals surface area (Å²) in [6, 6.07) is 2.45. The molecule has 1 unspecified atom stereocenters. The van der Waals surface area contributed by atoms with Crippen LogP contribution in [0, 0.1) is 11.8 Å². The van der Waals surface area contributed by atoms with Crippen molar-refractivity contribution in [1.82, 2.24) is 5.32 Å². The summed E-state index contributed by atoms with van der Waals surface area (Å²) < 4.78 is 5.47. The van der Waals surface area contributed by atoms with Crippen molar-refractivity contribution < 1.29 is 4.42 Å². The molecule has 0 radical (unpaired) electrons. The molecule has 0 aliphatic heterocycles. The van der Waals surface area contributed by atoms with Gasteiger partial charge in [0.15, 0.2) is 0 Å². The van der Waals surface area contributed by atoms with Gasteiger partial charge in [0, 0.05) is 24.4 Å². The van der Waals surface area contributed by atoms with Gasteiger partial charge in [0.25, 0.3) is 0 Å². The van der Waals surface area contributed by atoms with Crippen molar-refractivity contribution in [2.75, 3.05) is 6.54 Å². The summed E-state index contributed by atoms with van der Waals surface area (Å²) in [5, 5.41) is 3.49. The second kappa shape index (κ2) is 7.14. The van der Waals surface area contributed by atoms with Crippen LogP contribution in [0.25, 0.3) is 0 Å². The van der Waals surface area contributed by atoms with E-state index in [-0.39, 0.29) is 0 Å². The third-order valence-electron chi connectivity index (χ3n) is 2.66. The molecule has 0 bridgehead atoms. The highest BCUT2D eigenvalue weighted by atomic mass is 16.3. The number of rotatable bonds is 6. The molecular weight excluding hydrogens is 198 g/mol. The van der Waals surface area contributed by atoms with Gasteiger partial charge in [-0.25, -0.2) is 0 Å². The Morgan fingerprint density at radius 2 is 2.25 bits per heavy atom. The van der Waals surface area contributed by atoms with E-state index in [0.29, 0.717) is 6.04 Å². The van der Waals surface area contributed by atoms with Gasteiger partial charge in [0.1, 0.15) is 5.76 Å². The first kappa shape index (κ1) is 12.9. The van der Waals surface area contributed by atoms with Crippen LogP contribution in [0.2, 0.25) is 0 Å². The fourth-order valence-corrected chi connectivity index (χ4v) is 1.90. The van der Waals surface area contributed by atoms with E-state index in [1.807, 2.05) is 6.92 Å². The van der Waals surface area contributed by atoms with E-state index in [4.69, 9.17) is 4.42 Å². The van der Waals surface area contributed by atoms with Crippen LogP contribution < -0.4 is 5.32 Å². The first-order valence-electron chi connectivity index (χ1n) is 6.02. The number of hydrogen-bond acceptors (Lipinski definition) is 2. The van der Waals surface area contributed by atoms with Gasteiger partial charge < -0.3 is 9.73 Å². The molecule has 1 rings (SSSR count). The fraction of sp³-hybridized carbons (Fsp3) is 0.571. The number of aryl methyl sites for hydroxylation is 1. The standard InChI is InChI=1S/C14H21NO/c1-4-7-8-9-13(15-6-3)12-10-11-16-14(12)5-2/h10-11,13,15H,5-6,8-9H2,1-3H3. The highest BCUT2D eigenvalue weighted by Crippen LogP contribution is 2.23. The topological polar surface area (TPSA) is 25.2 Å². The molecule has 88 valence electrons. The molecule has 0 fully saturated rings. The van der Waals surface area contributed by atoms with Crippen molar-refractivity contribution in [1.29, 1.82) is 0 Å². The summed E-state index contributed by atoms with van der Waals surface area (Å²) in [5.41, 5.74) is 1.29. The van der Waals surface area contributed by atoms with E-state index in [1.165, 1.54) is 5.56 Å². The van der Waals surface area contributed by atoms with E-state index in [2.05, 4.69) is 37.1 Å². The molecule has 16 heavy (non-hydrogen) atoms. The molecule has 0 aromatic carbocycles. The summed E-state index contributed by atoms with van der Waals surface area (Å²) in [6.07, 6.45) is 4.71. The molecular formula is C14H21NO. The van der Waals surface area contributed by atoms with Crippen molar-refractivity contribution in [3.63, 3.8) is 0 Å². The Morgan fingerprint density at radius 3 is 2.88 bits per heavy atom. The van der Waals surface area contributed by atoms with Crippen LogP contribution in [0.3, 0.4) is 0 Å². The van der Waals surface area contributed by atoms with Gasteiger partial charge in [-0.3, -0.25) is 0 Å². The Balaban J connectivity index is 2.70. The maximum Gasteiger partial charge on any atom is 0.108 e. The summed E-state index contributed by atoms with van der Waals surface area (Å²) in [6.45, 7) is 7.11. The van der Waals surface area contributed by atoms with Gasteiger partial charge in [-0.05, 0) is 26.0 Å². The molecule has 0 saturated heterocycles. The monoisotopic (exact) mass is 219 g/mol. The molecule has 2 heteroatoms. The molecule has 0 aliphatic rings. The summed E-state index contributed by atoms with van der Waals surface area (Å²) >= 11 is 0. The zero-order valence-corrected chi connectivity index (χ0v) is 10.5. The Bertz CT molecular complexity index is 356. The molecule has 1 aromatic rings. The lowest BCUT2D eigenvalue weighted by Crippen LogP contribution is -2.21. The van der Waals surface area contributed by atoms with E-state index < -0.39 is 0 Å². The first-order chi connectivity index (χ1) is 7.83. The minimum atomic E-state index is 0.375. The van der Waals surface area contributed by atoms with Crippen LogP contribution in [0.15, 0.2) is 16.7 Å². The van der Waals surface area contributed by atoms with Gasteiger partial charge in [-0.1, -0.05) is 13.8 Å². The van der Waals surface area contributed by atoms with Gasteiger partial charge in [-0.2, -0.15) is 0 Å². The van der Waals surface area contributed by atoms with Crippen LogP contribution >= 0.6 is 0 Å². The van der Waals surface area contributed by atoms with Crippen molar-refractivity contribution >= 4 is 0 Å². The Kier molecular flexibility index (Phi) is 5.74. The molecule has 1 atom stereocenters.